The van der Waals surface area contributed by atoms with E-state index in [1.54, 1.807) is 24.3 Å². The average Bonchev–Trinajstić information content (AvgIpc) is 2.87. The summed E-state index contributed by atoms with van der Waals surface area (Å²) in [6, 6.07) is 13.3. The summed E-state index contributed by atoms with van der Waals surface area (Å²) in [5.41, 5.74) is 1.30. The Morgan fingerprint density at radius 1 is 0.703 bits per heavy atom. The molecular formula is C25H27NO9S2. The van der Waals surface area contributed by atoms with Gasteiger partial charge in [0.1, 0.15) is 22.1 Å². The summed E-state index contributed by atoms with van der Waals surface area (Å²) in [5.74, 6) is 1.05. The van der Waals surface area contributed by atoms with Gasteiger partial charge in [0.15, 0.2) is 11.5 Å². The maximum Gasteiger partial charge on any atom is 0.339 e. The van der Waals surface area contributed by atoms with Crippen LogP contribution < -0.4 is 27.9 Å². The minimum absolute atomic E-state index is 0.0493. The maximum absolute atomic E-state index is 12.8. The third kappa shape index (κ3) is 6.86. The second-order valence-electron chi connectivity index (χ2n) is 7.61. The van der Waals surface area contributed by atoms with Gasteiger partial charge in [0.05, 0.1) is 45.1 Å². The van der Waals surface area contributed by atoms with Gasteiger partial charge in [-0.25, -0.2) is 8.42 Å². The number of nitrogens with one attached hydrogen (secondary N) is 1. The van der Waals surface area contributed by atoms with Crippen LogP contribution in [0.15, 0.2) is 64.9 Å². The molecule has 3 aromatic rings. The lowest BCUT2D eigenvalue weighted by atomic mass is 10.1. The summed E-state index contributed by atoms with van der Waals surface area (Å²) in [7, 11) is -2.57. The van der Waals surface area contributed by atoms with Crippen molar-refractivity contribution in [3.63, 3.8) is 0 Å². The highest BCUT2D eigenvalue weighted by molar-refractivity contribution is 7.95. The van der Waals surface area contributed by atoms with Crippen LogP contribution in [0, 0.1) is 6.92 Å². The van der Waals surface area contributed by atoms with Gasteiger partial charge in [-0.15, -0.1) is 0 Å². The Balaban J connectivity index is 1.89. The number of sulfonamides is 1. The number of anilines is 1. The Morgan fingerprint density at radius 2 is 1.30 bits per heavy atom. The van der Waals surface area contributed by atoms with Gasteiger partial charge in [0.2, 0.25) is 0 Å². The van der Waals surface area contributed by atoms with Crippen LogP contribution in [0.1, 0.15) is 11.1 Å². The molecule has 0 aliphatic rings. The highest BCUT2D eigenvalue weighted by atomic mass is 32.2. The normalized spacial score (nSPS) is 11.7. The highest BCUT2D eigenvalue weighted by Gasteiger charge is 2.20. The molecule has 0 heterocycles. The largest absolute Gasteiger partial charge is 0.496 e. The molecule has 0 aliphatic heterocycles. The van der Waals surface area contributed by atoms with Gasteiger partial charge in [-0.2, -0.15) is 8.42 Å². The van der Waals surface area contributed by atoms with E-state index < -0.39 is 20.1 Å². The zero-order valence-electron chi connectivity index (χ0n) is 20.8. The van der Waals surface area contributed by atoms with Gasteiger partial charge in [-0.05, 0) is 37.3 Å². The minimum atomic E-state index is -4.20. The summed E-state index contributed by atoms with van der Waals surface area (Å²) in [6.45, 7) is 1.82. The highest BCUT2D eigenvalue weighted by Crippen LogP contribution is 2.36. The zero-order chi connectivity index (χ0) is 27.2. The van der Waals surface area contributed by atoms with E-state index in [-0.39, 0.29) is 22.1 Å². The molecule has 0 saturated heterocycles. The molecule has 198 valence electrons. The minimum Gasteiger partial charge on any atom is -0.496 e. The van der Waals surface area contributed by atoms with Crippen molar-refractivity contribution in [1.82, 2.24) is 0 Å². The van der Waals surface area contributed by atoms with Crippen LogP contribution >= 0.6 is 0 Å². The molecule has 0 bridgehead atoms. The molecule has 3 aromatic carbocycles. The topological polar surface area (TPSA) is 126 Å². The van der Waals surface area contributed by atoms with Crippen molar-refractivity contribution in [2.45, 2.75) is 11.8 Å². The standard InChI is InChI=1S/C25H27NO9S2/c1-17-6-9-20(10-7-17)37(29,30)35-25-14-18(8-11-22(25)32-3)26-36(27,28)13-12-21-23(33-4)15-19(31-2)16-24(21)34-5/h6-16,26H,1-5H3/b13-12+. The number of hydrogen-bond acceptors (Lipinski definition) is 9. The Morgan fingerprint density at radius 3 is 1.84 bits per heavy atom. The molecule has 12 heteroatoms. The van der Waals surface area contributed by atoms with E-state index in [2.05, 4.69) is 4.72 Å². The van der Waals surface area contributed by atoms with Crippen molar-refractivity contribution in [3.8, 4) is 28.7 Å². The molecule has 3 rings (SSSR count). The number of benzene rings is 3. The third-order valence-corrected chi connectivity index (χ3v) is 7.36. The van der Waals surface area contributed by atoms with Gasteiger partial charge in [-0.3, -0.25) is 4.72 Å². The van der Waals surface area contributed by atoms with E-state index in [9.17, 15) is 16.8 Å². The van der Waals surface area contributed by atoms with E-state index in [4.69, 9.17) is 23.1 Å². The molecule has 37 heavy (non-hydrogen) atoms. The lowest BCUT2D eigenvalue weighted by Crippen LogP contribution is -2.12. The quantitative estimate of drug-likeness (QED) is 0.350. The summed E-state index contributed by atoms with van der Waals surface area (Å²) < 4.78 is 79.8. The fourth-order valence-electron chi connectivity index (χ4n) is 3.23. The van der Waals surface area contributed by atoms with Crippen LogP contribution in [-0.2, 0) is 20.1 Å². The van der Waals surface area contributed by atoms with Crippen LogP contribution in [-0.4, -0.2) is 45.3 Å². The van der Waals surface area contributed by atoms with E-state index in [0.29, 0.717) is 22.8 Å². The summed E-state index contributed by atoms with van der Waals surface area (Å²) in [5, 5.41) is 0.924. The smallest absolute Gasteiger partial charge is 0.339 e. The summed E-state index contributed by atoms with van der Waals surface area (Å²) in [6.07, 6.45) is 1.31. The van der Waals surface area contributed by atoms with Crippen LogP contribution in [0.4, 0.5) is 5.69 Å². The zero-order valence-corrected chi connectivity index (χ0v) is 22.5. The number of aryl methyl sites for hydroxylation is 1. The van der Waals surface area contributed by atoms with E-state index >= 15 is 0 Å². The summed E-state index contributed by atoms with van der Waals surface area (Å²) in [4.78, 5) is -0.0588. The van der Waals surface area contributed by atoms with Crippen LogP contribution in [0.3, 0.4) is 0 Å². The lowest BCUT2D eigenvalue weighted by Gasteiger charge is -2.14. The molecule has 0 amide bonds. The molecule has 0 fully saturated rings. The Bertz CT molecular complexity index is 1470. The van der Waals surface area contributed by atoms with Crippen molar-refractivity contribution in [1.29, 1.82) is 0 Å². The second-order valence-corrected chi connectivity index (χ2v) is 10.7. The van der Waals surface area contributed by atoms with Gasteiger partial charge >= 0.3 is 10.1 Å². The third-order valence-electron chi connectivity index (χ3n) is 5.10. The molecule has 0 atom stereocenters. The maximum atomic E-state index is 12.8. The Hall–Kier alpha value is -3.90. The number of methoxy groups -OCH3 is 4. The van der Waals surface area contributed by atoms with Crippen molar-refractivity contribution in [3.05, 3.63) is 71.1 Å². The number of ether oxygens (including phenoxy) is 4. The van der Waals surface area contributed by atoms with Gasteiger partial charge < -0.3 is 23.1 Å². The van der Waals surface area contributed by atoms with Crippen molar-refractivity contribution in [2.24, 2.45) is 0 Å². The van der Waals surface area contributed by atoms with Gasteiger partial charge in [0.25, 0.3) is 10.0 Å². The predicted octanol–water partition coefficient (Wildman–Crippen LogP) is 4.21. The van der Waals surface area contributed by atoms with Crippen molar-refractivity contribution >= 4 is 31.9 Å². The van der Waals surface area contributed by atoms with Crippen LogP contribution in [0.2, 0.25) is 0 Å². The first kappa shape index (κ1) is 27.7. The number of rotatable bonds is 11. The Labute approximate surface area is 216 Å². The second kappa shape index (κ2) is 11.4. The molecule has 0 spiro atoms. The fraction of sp³-hybridized carbons (Fsp3) is 0.200. The van der Waals surface area contributed by atoms with Crippen LogP contribution in [0.25, 0.3) is 6.08 Å². The van der Waals surface area contributed by atoms with E-state index in [1.165, 1.54) is 64.8 Å². The molecule has 1 N–H and O–H groups in total. The predicted molar refractivity (Wildman–Crippen MR) is 140 cm³/mol. The molecule has 10 nitrogen and oxygen atoms in total. The molecular weight excluding hydrogens is 522 g/mol. The van der Waals surface area contributed by atoms with Crippen LogP contribution in [0.5, 0.6) is 28.7 Å². The van der Waals surface area contributed by atoms with Gasteiger partial charge in [0, 0.05) is 18.2 Å². The van der Waals surface area contributed by atoms with Crippen molar-refractivity contribution < 1.29 is 40.0 Å². The monoisotopic (exact) mass is 549 g/mol. The van der Waals surface area contributed by atoms with Gasteiger partial charge in [-0.1, -0.05) is 17.7 Å². The molecule has 0 saturated carbocycles. The first-order chi connectivity index (χ1) is 17.5. The first-order valence-corrected chi connectivity index (χ1v) is 13.7. The lowest BCUT2D eigenvalue weighted by molar-refractivity contribution is 0.374. The SMILES string of the molecule is COc1cc(OC)c(/C=C/S(=O)(=O)Nc2ccc(OC)c(OS(=O)(=O)c3ccc(C)cc3)c2)c(OC)c1. The van der Waals surface area contributed by atoms with E-state index in [0.717, 1.165) is 11.0 Å². The van der Waals surface area contributed by atoms with E-state index in [1.807, 2.05) is 6.92 Å². The molecule has 0 unspecified atom stereocenters. The Kier molecular flexibility index (Phi) is 8.56. The summed E-state index contributed by atoms with van der Waals surface area (Å²) >= 11 is 0. The molecule has 0 aromatic heterocycles. The van der Waals surface area contributed by atoms with Crippen molar-refractivity contribution in [2.75, 3.05) is 33.2 Å². The molecule has 0 radical (unpaired) electrons. The molecule has 0 aliphatic carbocycles. The average molecular weight is 550 g/mol. The first-order valence-electron chi connectivity index (χ1n) is 10.7. The fourth-order valence-corrected chi connectivity index (χ4v) is 5.00. The number of hydrogen-bond donors (Lipinski definition) is 1.